The molecule has 0 saturated carbocycles. The van der Waals surface area contributed by atoms with Crippen LogP contribution in [0.15, 0.2) is 48.5 Å². The van der Waals surface area contributed by atoms with Crippen molar-refractivity contribution in [3.63, 3.8) is 0 Å². The molecular formula is C20H22ClNO2. The second-order valence-electron chi connectivity index (χ2n) is 6.03. The van der Waals surface area contributed by atoms with Gasteiger partial charge in [0.05, 0.1) is 0 Å². The minimum atomic E-state index is 0. The fraction of sp³-hybridized carbons (Fsp3) is 0.250. The van der Waals surface area contributed by atoms with Crippen molar-refractivity contribution in [1.29, 1.82) is 0 Å². The van der Waals surface area contributed by atoms with Gasteiger partial charge in [0, 0.05) is 17.7 Å². The number of hydrogen-bond donors (Lipinski definition) is 0. The predicted molar refractivity (Wildman–Crippen MR) is 100 cm³/mol. The minimum Gasteiger partial charge on any atom is -0.488 e. The highest BCUT2D eigenvalue weighted by Gasteiger charge is 2.19. The van der Waals surface area contributed by atoms with E-state index in [1.165, 1.54) is 11.1 Å². The zero-order valence-corrected chi connectivity index (χ0v) is 14.8. The van der Waals surface area contributed by atoms with E-state index in [9.17, 15) is 4.79 Å². The van der Waals surface area contributed by atoms with Gasteiger partial charge in [0.2, 0.25) is 0 Å². The van der Waals surface area contributed by atoms with E-state index in [-0.39, 0.29) is 12.4 Å². The van der Waals surface area contributed by atoms with Gasteiger partial charge in [0.1, 0.15) is 18.6 Å². The molecule has 24 heavy (non-hydrogen) atoms. The van der Waals surface area contributed by atoms with Gasteiger partial charge < -0.3 is 9.64 Å². The number of halogens is 1. The molecule has 3 nitrogen and oxygen atoms in total. The van der Waals surface area contributed by atoms with Gasteiger partial charge in [-0.2, -0.15) is 0 Å². The molecule has 126 valence electrons. The fourth-order valence-corrected chi connectivity index (χ4v) is 2.85. The smallest absolute Gasteiger partial charge is 0.150 e. The topological polar surface area (TPSA) is 29.5 Å². The van der Waals surface area contributed by atoms with Crippen LogP contribution in [-0.2, 0) is 6.61 Å². The van der Waals surface area contributed by atoms with Gasteiger partial charge in [0.25, 0.3) is 0 Å². The molecule has 0 aliphatic carbocycles. The number of nitrogens with zero attached hydrogens (tertiary/aromatic N) is 1. The van der Waals surface area contributed by atoms with Crippen LogP contribution < -0.4 is 4.74 Å². The first-order valence-corrected chi connectivity index (χ1v) is 7.84. The molecule has 2 aromatic carbocycles. The molecular weight excluding hydrogens is 322 g/mol. The summed E-state index contributed by atoms with van der Waals surface area (Å²) in [6.07, 6.45) is 4.08. The molecule has 1 heterocycles. The molecule has 0 spiro atoms. The number of carbonyl (C=O) groups is 1. The summed E-state index contributed by atoms with van der Waals surface area (Å²) in [4.78, 5) is 13.3. The summed E-state index contributed by atoms with van der Waals surface area (Å²) in [5.74, 6) is 0.836. The van der Waals surface area contributed by atoms with Crippen LogP contribution in [0.4, 0.5) is 0 Å². The Morgan fingerprint density at radius 2 is 1.92 bits per heavy atom. The first-order chi connectivity index (χ1) is 11.2. The highest BCUT2D eigenvalue weighted by atomic mass is 35.5. The SMILES string of the molecule is CN(C)CC/C=C1\c2ccccc2COc2ccc(C=O)cc21.Cl. The van der Waals surface area contributed by atoms with Crippen LogP contribution in [0.1, 0.15) is 33.5 Å². The number of benzene rings is 2. The summed E-state index contributed by atoms with van der Waals surface area (Å²) >= 11 is 0. The Bertz CT molecular complexity index is 753. The van der Waals surface area contributed by atoms with E-state index in [1.54, 1.807) is 6.07 Å². The number of carbonyl (C=O) groups excluding carboxylic acids is 1. The molecule has 2 aromatic rings. The number of ether oxygens (including phenoxy) is 1. The van der Waals surface area contributed by atoms with Crippen LogP contribution in [0.2, 0.25) is 0 Å². The number of fused-ring (bicyclic) bond motifs is 2. The Labute approximate surface area is 149 Å². The quantitative estimate of drug-likeness (QED) is 0.779. The van der Waals surface area contributed by atoms with Crippen molar-refractivity contribution in [3.05, 3.63) is 70.8 Å². The van der Waals surface area contributed by atoms with Gasteiger partial charge in [-0.25, -0.2) is 0 Å². The lowest BCUT2D eigenvalue weighted by molar-refractivity contribution is 0.112. The number of aldehydes is 1. The van der Waals surface area contributed by atoms with Gasteiger partial charge in [-0.15, -0.1) is 12.4 Å². The van der Waals surface area contributed by atoms with E-state index in [2.05, 4.69) is 37.2 Å². The average molecular weight is 344 g/mol. The molecule has 0 amide bonds. The molecule has 0 bridgehead atoms. The van der Waals surface area contributed by atoms with Gasteiger partial charge >= 0.3 is 0 Å². The highest BCUT2D eigenvalue weighted by molar-refractivity contribution is 5.88. The van der Waals surface area contributed by atoms with Gasteiger partial charge in [-0.05, 0) is 55.4 Å². The average Bonchev–Trinajstić information content (AvgIpc) is 2.71. The van der Waals surface area contributed by atoms with Crippen molar-refractivity contribution in [2.24, 2.45) is 0 Å². The van der Waals surface area contributed by atoms with Crippen LogP contribution in [0.3, 0.4) is 0 Å². The summed E-state index contributed by atoms with van der Waals surface area (Å²) in [7, 11) is 4.14. The van der Waals surface area contributed by atoms with Gasteiger partial charge in [0.15, 0.2) is 0 Å². The molecule has 0 aromatic heterocycles. The lowest BCUT2D eigenvalue weighted by Crippen LogP contribution is -2.12. The predicted octanol–water partition coefficient (Wildman–Crippen LogP) is 4.20. The Balaban J connectivity index is 0.00000208. The second-order valence-corrected chi connectivity index (χ2v) is 6.03. The van der Waals surface area contributed by atoms with Crippen molar-refractivity contribution in [2.45, 2.75) is 13.0 Å². The molecule has 3 rings (SSSR count). The van der Waals surface area contributed by atoms with Crippen molar-refractivity contribution >= 4 is 24.3 Å². The molecule has 0 atom stereocenters. The number of rotatable bonds is 4. The maximum Gasteiger partial charge on any atom is 0.150 e. The zero-order valence-electron chi connectivity index (χ0n) is 14.0. The van der Waals surface area contributed by atoms with E-state index in [0.717, 1.165) is 36.1 Å². The van der Waals surface area contributed by atoms with E-state index >= 15 is 0 Å². The summed E-state index contributed by atoms with van der Waals surface area (Å²) in [5.41, 5.74) is 5.18. The van der Waals surface area contributed by atoms with Crippen LogP contribution in [0.5, 0.6) is 5.75 Å². The summed E-state index contributed by atoms with van der Waals surface area (Å²) < 4.78 is 5.96. The molecule has 0 radical (unpaired) electrons. The maximum atomic E-state index is 11.2. The molecule has 0 saturated heterocycles. The van der Waals surface area contributed by atoms with Gasteiger partial charge in [-0.3, -0.25) is 4.79 Å². The zero-order chi connectivity index (χ0) is 16.2. The first kappa shape index (κ1) is 18.2. The standard InChI is InChI=1S/C20H21NO2.ClH/c1-21(2)11-5-8-18-17-7-4-3-6-16(17)14-23-20-10-9-15(13-22)12-19(18)20;/h3-4,6-10,12-13H,5,11,14H2,1-2H3;1H/b18-8+;. The van der Waals surface area contributed by atoms with E-state index in [4.69, 9.17) is 4.74 Å². The third-order valence-electron chi connectivity index (χ3n) is 4.05. The third-order valence-corrected chi connectivity index (χ3v) is 4.05. The van der Waals surface area contributed by atoms with Crippen molar-refractivity contribution in [2.75, 3.05) is 20.6 Å². The molecule has 1 aliphatic rings. The third kappa shape index (κ3) is 3.86. The molecule has 0 unspecified atom stereocenters. The van der Waals surface area contributed by atoms with Crippen LogP contribution in [0, 0.1) is 0 Å². The van der Waals surface area contributed by atoms with Crippen LogP contribution in [-0.4, -0.2) is 31.8 Å². The normalized spacial score (nSPS) is 14.2. The van der Waals surface area contributed by atoms with E-state index < -0.39 is 0 Å². The summed E-state index contributed by atoms with van der Waals surface area (Å²) in [5, 5.41) is 0. The largest absolute Gasteiger partial charge is 0.488 e. The van der Waals surface area contributed by atoms with Crippen LogP contribution >= 0.6 is 12.4 Å². The van der Waals surface area contributed by atoms with Crippen molar-refractivity contribution < 1.29 is 9.53 Å². The van der Waals surface area contributed by atoms with Crippen molar-refractivity contribution in [3.8, 4) is 5.75 Å². The monoisotopic (exact) mass is 343 g/mol. The molecule has 4 heteroatoms. The first-order valence-electron chi connectivity index (χ1n) is 7.84. The Kier molecular flexibility index (Phi) is 6.18. The lowest BCUT2D eigenvalue weighted by atomic mass is 9.92. The molecule has 0 N–H and O–H groups in total. The van der Waals surface area contributed by atoms with Crippen LogP contribution in [0.25, 0.3) is 5.57 Å². The van der Waals surface area contributed by atoms with E-state index in [1.807, 2.05) is 24.3 Å². The lowest BCUT2D eigenvalue weighted by Gasteiger charge is -2.12. The van der Waals surface area contributed by atoms with Gasteiger partial charge in [-0.1, -0.05) is 30.3 Å². The fourth-order valence-electron chi connectivity index (χ4n) is 2.85. The second kappa shape index (κ2) is 8.13. The molecule has 1 aliphatic heterocycles. The summed E-state index contributed by atoms with van der Waals surface area (Å²) in [6.45, 7) is 1.53. The Morgan fingerprint density at radius 1 is 1.12 bits per heavy atom. The maximum absolute atomic E-state index is 11.2. The highest BCUT2D eigenvalue weighted by Crippen LogP contribution is 2.37. The summed E-state index contributed by atoms with van der Waals surface area (Å²) in [6, 6.07) is 13.9. The van der Waals surface area contributed by atoms with Crippen molar-refractivity contribution in [1.82, 2.24) is 4.90 Å². The Hall–Kier alpha value is -2.10. The number of hydrogen-bond acceptors (Lipinski definition) is 3. The minimum absolute atomic E-state index is 0. The molecule has 0 fully saturated rings. The van der Waals surface area contributed by atoms with E-state index in [0.29, 0.717) is 12.2 Å². The Morgan fingerprint density at radius 3 is 2.67 bits per heavy atom.